The van der Waals surface area contributed by atoms with E-state index in [0.29, 0.717) is 0 Å². The first-order valence-corrected chi connectivity index (χ1v) is 5.39. The molecule has 0 radical (unpaired) electrons. The lowest BCUT2D eigenvalue weighted by Crippen LogP contribution is -2.06. The normalized spacial score (nSPS) is 9.29. The Kier molecular flexibility index (Phi) is 6.30. The quantitative estimate of drug-likeness (QED) is 0.579. The summed E-state index contributed by atoms with van der Waals surface area (Å²) in [6.45, 7) is 7.80. The third-order valence-corrected chi connectivity index (χ3v) is 1.97. The van der Waals surface area contributed by atoms with Crippen molar-refractivity contribution in [1.29, 1.82) is 0 Å². The van der Waals surface area contributed by atoms with Crippen LogP contribution in [0, 0.1) is 5.92 Å². The lowest BCUT2D eigenvalue weighted by Gasteiger charge is -2.03. The van der Waals surface area contributed by atoms with Crippen molar-refractivity contribution >= 4 is 18.4 Å². The summed E-state index contributed by atoms with van der Waals surface area (Å²) >= 11 is 4.14. The van der Waals surface area contributed by atoms with E-state index in [1.165, 1.54) is 0 Å². The van der Waals surface area contributed by atoms with Crippen LogP contribution in [0.1, 0.15) is 38.1 Å². The van der Waals surface area contributed by atoms with Crippen molar-refractivity contribution in [3.8, 4) is 0 Å². The topological polar surface area (TPSA) is 17.1 Å². The Morgan fingerprint density at radius 2 is 1.57 bits per heavy atom. The predicted octanol–water partition coefficient (Wildman–Crippen LogP) is 3.84. The van der Waals surface area contributed by atoms with Gasteiger partial charge in [0.15, 0.2) is 5.78 Å². The van der Waals surface area contributed by atoms with Gasteiger partial charge in [-0.3, -0.25) is 4.79 Å². The molecular formula is C12H18OS. The summed E-state index contributed by atoms with van der Waals surface area (Å²) in [4.78, 5) is 12.3. The fourth-order valence-corrected chi connectivity index (χ4v) is 1.11. The van der Waals surface area contributed by atoms with Crippen LogP contribution in [0.4, 0.5) is 0 Å². The van der Waals surface area contributed by atoms with Crippen LogP contribution in [0.2, 0.25) is 0 Å². The van der Waals surface area contributed by atoms with E-state index in [9.17, 15) is 4.79 Å². The molecule has 0 aromatic heterocycles. The van der Waals surface area contributed by atoms with Crippen LogP contribution >= 0.6 is 12.6 Å². The van der Waals surface area contributed by atoms with Crippen molar-refractivity contribution in [2.24, 2.45) is 5.92 Å². The second kappa shape index (κ2) is 6.66. The molecule has 0 aliphatic heterocycles. The van der Waals surface area contributed by atoms with Crippen LogP contribution < -0.4 is 0 Å². The van der Waals surface area contributed by atoms with Crippen LogP contribution in [-0.2, 0) is 0 Å². The van der Waals surface area contributed by atoms with Crippen LogP contribution in [0.15, 0.2) is 29.2 Å². The molecule has 0 heterocycles. The van der Waals surface area contributed by atoms with Gasteiger partial charge in [0.05, 0.1) is 0 Å². The molecule has 1 rings (SSSR count). The minimum Gasteiger partial charge on any atom is -0.294 e. The minimum atomic E-state index is 0.0655. The summed E-state index contributed by atoms with van der Waals surface area (Å²) < 4.78 is 0. The van der Waals surface area contributed by atoms with Gasteiger partial charge in [0.25, 0.3) is 0 Å². The van der Waals surface area contributed by atoms with Gasteiger partial charge < -0.3 is 0 Å². The maximum absolute atomic E-state index is 11.4. The number of carbonyl (C=O) groups is 1. The highest BCUT2D eigenvalue weighted by molar-refractivity contribution is 7.80. The monoisotopic (exact) mass is 210 g/mol. The number of hydrogen-bond acceptors (Lipinski definition) is 2. The van der Waals surface area contributed by atoms with Gasteiger partial charge >= 0.3 is 0 Å². The molecule has 78 valence electrons. The number of thiol groups is 1. The molecule has 2 heteroatoms. The van der Waals surface area contributed by atoms with Crippen molar-refractivity contribution in [2.75, 3.05) is 0 Å². The summed E-state index contributed by atoms with van der Waals surface area (Å²) in [5.41, 5.74) is 0.766. The highest BCUT2D eigenvalue weighted by Crippen LogP contribution is 2.11. The Labute approximate surface area is 91.9 Å². The number of Topliss-reactive ketones (excluding diaryl/α,β-unsaturated/α-hetero) is 1. The van der Waals surface area contributed by atoms with Crippen LogP contribution in [-0.4, -0.2) is 5.78 Å². The Morgan fingerprint density at radius 3 is 1.93 bits per heavy atom. The molecule has 0 saturated carbocycles. The molecule has 0 bridgehead atoms. The highest BCUT2D eigenvalue weighted by atomic mass is 32.1. The van der Waals surface area contributed by atoms with Gasteiger partial charge in [0.2, 0.25) is 0 Å². The highest BCUT2D eigenvalue weighted by Gasteiger charge is 2.08. The van der Waals surface area contributed by atoms with E-state index in [1.54, 1.807) is 0 Å². The van der Waals surface area contributed by atoms with Gasteiger partial charge in [0.1, 0.15) is 0 Å². The zero-order valence-electron chi connectivity index (χ0n) is 9.24. The fraction of sp³-hybridized carbons (Fsp3) is 0.417. The minimum absolute atomic E-state index is 0.0655. The zero-order chi connectivity index (χ0) is 11.1. The first-order valence-electron chi connectivity index (χ1n) is 4.94. The lowest BCUT2D eigenvalue weighted by atomic mass is 10.0. The summed E-state index contributed by atoms with van der Waals surface area (Å²) in [5, 5.41) is 0. The van der Waals surface area contributed by atoms with Crippen LogP contribution in [0.3, 0.4) is 0 Å². The van der Waals surface area contributed by atoms with Gasteiger partial charge in [-0.2, -0.15) is 0 Å². The number of carbonyl (C=O) groups excluding carboxylic acids is 1. The van der Waals surface area contributed by atoms with Gasteiger partial charge in [-0.15, -0.1) is 12.6 Å². The van der Waals surface area contributed by atoms with E-state index >= 15 is 0 Å². The first-order chi connectivity index (χ1) is 6.61. The third kappa shape index (κ3) is 3.97. The fourth-order valence-electron chi connectivity index (χ4n) is 0.959. The van der Waals surface area contributed by atoms with Crippen molar-refractivity contribution < 1.29 is 4.79 Å². The number of rotatable bonds is 2. The first kappa shape index (κ1) is 13.2. The summed E-state index contributed by atoms with van der Waals surface area (Å²) in [6, 6.07) is 7.28. The van der Waals surface area contributed by atoms with Crippen LogP contribution in [0.25, 0.3) is 0 Å². The van der Waals surface area contributed by atoms with E-state index in [1.807, 2.05) is 52.0 Å². The van der Waals surface area contributed by atoms with Gasteiger partial charge in [-0.25, -0.2) is 0 Å². The van der Waals surface area contributed by atoms with E-state index in [2.05, 4.69) is 12.6 Å². The van der Waals surface area contributed by atoms with Crippen molar-refractivity contribution in [3.05, 3.63) is 29.8 Å². The molecule has 1 nitrogen and oxygen atoms in total. The number of hydrogen-bond donors (Lipinski definition) is 1. The number of benzene rings is 1. The Bertz CT molecular complexity index is 275. The van der Waals surface area contributed by atoms with Gasteiger partial charge in [0, 0.05) is 16.4 Å². The van der Waals surface area contributed by atoms with Gasteiger partial charge in [-0.1, -0.05) is 39.8 Å². The van der Waals surface area contributed by atoms with E-state index < -0.39 is 0 Å². The molecule has 1 aromatic rings. The second-order valence-electron chi connectivity index (χ2n) is 3.07. The molecule has 1 aromatic carbocycles. The van der Waals surface area contributed by atoms with Crippen molar-refractivity contribution in [1.82, 2.24) is 0 Å². The molecule has 0 spiro atoms. The summed E-state index contributed by atoms with van der Waals surface area (Å²) in [6.07, 6.45) is 0. The van der Waals surface area contributed by atoms with E-state index in [4.69, 9.17) is 0 Å². The SMILES string of the molecule is CC.CC(C)C(=O)c1ccc(S)cc1. The Balaban J connectivity index is 0.000000791. The van der Waals surface area contributed by atoms with E-state index in [-0.39, 0.29) is 11.7 Å². The molecule has 0 unspecified atom stereocenters. The molecule has 0 fully saturated rings. The van der Waals surface area contributed by atoms with Crippen molar-refractivity contribution in [3.63, 3.8) is 0 Å². The molecule has 0 aliphatic carbocycles. The largest absolute Gasteiger partial charge is 0.294 e. The van der Waals surface area contributed by atoms with Crippen molar-refractivity contribution in [2.45, 2.75) is 32.6 Å². The molecule has 0 saturated heterocycles. The molecule has 0 amide bonds. The molecule has 14 heavy (non-hydrogen) atoms. The molecule has 0 atom stereocenters. The third-order valence-electron chi connectivity index (χ3n) is 1.68. The zero-order valence-corrected chi connectivity index (χ0v) is 10.1. The smallest absolute Gasteiger partial charge is 0.165 e. The maximum Gasteiger partial charge on any atom is 0.165 e. The lowest BCUT2D eigenvalue weighted by molar-refractivity contribution is 0.0939. The average molecular weight is 210 g/mol. The average Bonchev–Trinajstić information content (AvgIpc) is 2.21. The van der Waals surface area contributed by atoms with E-state index in [0.717, 1.165) is 10.5 Å². The number of ketones is 1. The molecule has 0 aliphatic rings. The summed E-state index contributed by atoms with van der Waals surface area (Å²) in [7, 11) is 0. The predicted molar refractivity (Wildman–Crippen MR) is 64.2 cm³/mol. The standard InChI is InChI=1S/C10H12OS.C2H6/c1-7(2)10(11)8-3-5-9(12)6-4-8;1-2/h3-7,12H,1-2H3;1-2H3. The van der Waals surface area contributed by atoms with Gasteiger partial charge in [-0.05, 0) is 12.1 Å². The molecular weight excluding hydrogens is 192 g/mol. The molecule has 0 N–H and O–H groups in total. The van der Waals surface area contributed by atoms with Crippen LogP contribution in [0.5, 0.6) is 0 Å². The Morgan fingerprint density at radius 1 is 1.14 bits per heavy atom. The summed E-state index contributed by atoms with van der Waals surface area (Å²) in [5.74, 6) is 0.249. The Hall–Kier alpha value is -0.760. The second-order valence-corrected chi connectivity index (χ2v) is 3.58. The maximum atomic E-state index is 11.4.